The van der Waals surface area contributed by atoms with Gasteiger partial charge >= 0.3 is 0 Å². The van der Waals surface area contributed by atoms with Crippen molar-refractivity contribution in [2.45, 2.75) is 50.6 Å². The number of carbonyl (C=O) groups is 2. The van der Waals surface area contributed by atoms with Gasteiger partial charge in [0.25, 0.3) is 10.0 Å². The molecule has 1 N–H and O–H groups in total. The second-order valence-electron chi connectivity index (χ2n) is 9.68. The number of para-hydroxylation sites is 2. The number of hydrogen-bond acceptors (Lipinski definition) is 6. The Morgan fingerprint density at radius 1 is 0.878 bits per heavy atom. The van der Waals surface area contributed by atoms with E-state index in [1.165, 1.54) is 31.3 Å². The Morgan fingerprint density at radius 3 is 2.12 bits per heavy atom. The molecule has 3 rings (SSSR count). The Bertz CT molecular complexity index is 1400. The summed E-state index contributed by atoms with van der Waals surface area (Å²) < 4.78 is 39.7. The molecule has 0 aliphatic heterocycles. The van der Waals surface area contributed by atoms with E-state index in [4.69, 9.17) is 9.47 Å². The van der Waals surface area contributed by atoms with E-state index in [2.05, 4.69) is 5.32 Å². The fraction of sp³-hybridized carbons (Fsp3) is 0.355. The first-order valence-electron chi connectivity index (χ1n) is 13.6. The molecule has 3 aromatic rings. The van der Waals surface area contributed by atoms with Crippen molar-refractivity contribution in [3.05, 3.63) is 84.4 Å². The van der Waals surface area contributed by atoms with Crippen LogP contribution in [0.2, 0.25) is 0 Å². The summed E-state index contributed by atoms with van der Waals surface area (Å²) in [6, 6.07) is 21.3. The summed E-state index contributed by atoms with van der Waals surface area (Å²) >= 11 is 0. The summed E-state index contributed by atoms with van der Waals surface area (Å²) in [4.78, 5) is 28.6. The molecule has 0 unspecified atom stereocenters. The van der Waals surface area contributed by atoms with Gasteiger partial charge in [0, 0.05) is 12.6 Å². The monoisotopic (exact) mass is 581 g/mol. The van der Waals surface area contributed by atoms with E-state index in [1.54, 1.807) is 43.3 Å². The third-order valence-corrected chi connectivity index (χ3v) is 8.71. The van der Waals surface area contributed by atoms with Gasteiger partial charge in [0.1, 0.15) is 24.1 Å². The standard InChI is InChI=1S/C31H39N3O6S/c1-6-23(2)32-31(36)24(3)33(21-20-25-12-8-7-9-13-25)30(35)22-34(28-14-10-11-15-29(28)40-5)41(37,38)27-18-16-26(39-4)17-19-27/h7-19,23-24H,6,20-22H2,1-5H3,(H,32,36)/t23-,24+/m1/s1. The summed E-state index contributed by atoms with van der Waals surface area (Å²) in [5, 5.41) is 2.94. The summed E-state index contributed by atoms with van der Waals surface area (Å²) in [6.07, 6.45) is 1.23. The van der Waals surface area contributed by atoms with E-state index in [-0.39, 0.29) is 34.8 Å². The quantitative estimate of drug-likeness (QED) is 0.305. The van der Waals surface area contributed by atoms with Crippen LogP contribution in [0.3, 0.4) is 0 Å². The van der Waals surface area contributed by atoms with Gasteiger partial charge in [-0.2, -0.15) is 0 Å². The van der Waals surface area contributed by atoms with E-state index in [0.29, 0.717) is 12.2 Å². The maximum Gasteiger partial charge on any atom is 0.264 e. The zero-order chi connectivity index (χ0) is 30.0. The van der Waals surface area contributed by atoms with Gasteiger partial charge in [-0.05, 0) is 68.7 Å². The molecule has 0 aromatic heterocycles. The number of amides is 2. The van der Waals surface area contributed by atoms with Gasteiger partial charge in [0.2, 0.25) is 11.8 Å². The number of carbonyl (C=O) groups excluding carboxylic acids is 2. The molecule has 0 spiro atoms. The molecular weight excluding hydrogens is 542 g/mol. The van der Waals surface area contributed by atoms with Crippen LogP contribution in [0.15, 0.2) is 83.8 Å². The first-order valence-corrected chi connectivity index (χ1v) is 15.0. The molecule has 0 aliphatic rings. The Labute approximate surface area is 243 Å². The number of sulfonamides is 1. The number of nitrogens with zero attached hydrogens (tertiary/aromatic N) is 2. The van der Waals surface area contributed by atoms with Crippen molar-refractivity contribution >= 4 is 27.5 Å². The molecule has 0 aliphatic carbocycles. The lowest BCUT2D eigenvalue weighted by atomic mass is 10.1. The van der Waals surface area contributed by atoms with Crippen LogP contribution in [0.25, 0.3) is 0 Å². The SMILES string of the molecule is CC[C@@H](C)NC(=O)[C@H](C)N(CCc1ccccc1)C(=O)CN(c1ccccc1OC)S(=O)(=O)c1ccc(OC)cc1. The Hall–Kier alpha value is -4.05. The molecule has 9 nitrogen and oxygen atoms in total. The maximum atomic E-state index is 14.0. The number of benzene rings is 3. The predicted molar refractivity (Wildman–Crippen MR) is 160 cm³/mol. The molecule has 0 fully saturated rings. The molecule has 3 aromatic carbocycles. The smallest absolute Gasteiger partial charge is 0.264 e. The minimum absolute atomic E-state index is 0.0181. The van der Waals surface area contributed by atoms with Crippen LogP contribution >= 0.6 is 0 Å². The molecule has 0 bridgehead atoms. The van der Waals surface area contributed by atoms with Gasteiger partial charge in [-0.15, -0.1) is 0 Å². The van der Waals surface area contributed by atoms with Crippen LogP contribution < -0.4 is 19.1 Å². The fourth-order valence-corrected chi connectivity index (χ4v) is 5.68. The van der Waals surface area contributed by atoms with Crippen LogP contribution in [0.5, 0.6) is 11.5 Å². The molecule has 0 radical (unpaired) electrons. The highest BCUT2D eigenvalue weighted by atomic mass is 32.2. The lowest BCUT2D eigenvalue weighted by molar-refractivity contribution is -0.139. The maximum absolute atomic E-state index is 14.0. The summed E-state index contributed by atoms with van der Waals surface area (Å²) in [6.45, 7) is 5.20. The van der Waals surface area contributed by atoms with Gasteiger partial charge in [-0.1, -0.05) is 49.4 Å². The lowest BCUT2D eigenvalue weighted by Crippen LogP contribution is -2.53. The van der Waals surface area contributed by atoms with E-state index >= 15 is 0 Å². The molecule has 0 saturated heterocycles. The molecule has 2 atom stereocenters. The summed E-state index contributed by atoms with van der Waals surface area (Å²) in [7, 11) is -1.30. The third-order valence-electron chi connectivity index (χ3n) is 6.93. The summed E-state index contributed by atoms with van der Waals surface area (Å²) in [5.74, 6) is -0.0359. The fourth-order valence-electron chi connectivity index (χ4n) is 4.26. The molecule has 2 amide bonds. The highest BCUT2D eigenvalue weighted by Crippen LogP contribution is 2.33. The third kappa shape index (κ3) is 8.00. The van der Waals surface area contributed by atoms with Gasteiger partial charge in [0.05, 0.1) is 24.8 Å². The van der Waals surface area contributed by atoms with Crippen molar-refractivity contribution < 1.29 is 27.5 Å². The van der Waals surface area contributed by atoms with Gasteiger partial charge in [0.15, 0.2) is 0 Å². The topological polar surface area (TPSA) is 105 Å². The first kappa shape index (κ1) is 31.5. The van der Waals surface area contributed by atoms with E-state index < -0.39 is 28.5 Å². The number of ether oxygens (including phenoxy) is 2. The van der Waals surface area contributed by atoms with Gasteiger partial charge < -0.3 is 19.7 Å². The van der Waals surface area contributed by atoms with Crippen LogP contribution in [0.4, 0.5) is 5.69 Å². The Balaban J connectivity index is 2.01. The Kier molecular flexibility index (Phi) is 11.2. The zero-order valence-corrected chi connectivity index (χ0v) is 25.1. The molecule has 0 heterocycles. The van der Waals surface area contributed by atoms with Crippen LogP contribution in [-0.2, 0) is 26.0 Å². The molecular formula is C31H39N3O6S. The van der Waals surface area contributed by atoms with Crippen molar-refractivity contribution in [3.63, 3.8) is 0 Å². The van der Waals surface area contributed by atoms with Crippen LogP contribution in [0, 0.1) is 0 Å². The number of nitrogens with one attached hydrogen (secondary N) is 1. The minimum atomic E-state index is -4.23. The normalized spacial score (nSPS) is 12.6. The predicted octanol–water partition coefficient (Wildman–Crippen LogP) is 4.27. The minimum Gasteiger partial charge on any atom is -0.497 e. The number of rotatable bonds is 14. The second-order valence-corrected chi connectivity index (χ2v) is 11.5. The number of anilines is 1. The molecule has 0 saturated carbocycles. The van der Waals surface area contributed by atoms with Crippen molar-refractivity contribution in [2.24, 2.45) is 0 Å². The number of methoxy groups -OCH3 is 2. The number of hydrogen-bond donors (Lipinski definition) is 1. The molecule has 220 valence electrons. The van der Waals surface area contributed by atoms with Gasteiger partial charge in [-0.3, -0.25) is 13.9 Å². The van der Waals surface area contributed by atoms with E-state index in [9.17, 15) is 18.0 Å². The van der Waals surface area contributed by atoms with Crippen LogP contribution in [-0.4, -0.2) is 64.5 Å². The first-order chi connectivity index (χ1) is 19.6. The second kappa shape index (κ2) is 14.5. The molecule has 41 heavy (non-hydrogen) atoms. The van der Waals surface area contributed by atoms with Crippen molar-refractivity contribution in [1.29, 1.82) is 0 Å². The van der Waals surface area contributed by atoms with Crippen molar-refractivity contribution in [2.75, 3.05) is 31.6 Å². The van der Waals surface area contributed by atoms with Crippen LogP contribution in [0.1, 0.15) is 32.8 Å². The van der Waals surface area contributed by atoms with Gasteiger partial charge in [-0.25, -0.2) is 8.42 Å². The summed E-state index contributed by atoms with van der Waals surface area (Å²) in [5.41, 5.74) is 1.20. The Morgan fingerprint density at radius 2 is 1.51 bits per heavy atom. The zero-order valence-electron chi connectivity index (χ0n) is 24.2. The largest absolute Gasteiger partial charge is 0.497 e. The van der Waals surface area contributed by atoms with E-state index in [0.717, 1.165) is 16.3 Å². The van der Waals surface area contributed by atoms with Crippen molar-refractivity contribution in [3.8, 4) is 11.5 Å². The average molecular weight is 582 g/mol. The molecule has 10 heteroatoms. The highest BCUT2D eigenvalue weighted by molar-refractivity contribution is 7.92. The lowest BCUT2D eigenvalue weighted by Gasteiger charge is -2.32. The van der Waals surface area contributed by atoms with E-state index in [1.807, 2.05) is 44.2 Å². The van der Waals surface area contributed by atoms with Crippen molar-refractivity contribution in [1.82, 2.24) is 10.2 Å². The highest BCUT2D eigenvalue weighted by Gasteiger charge is 2.33. The average Bonchev–Trinajstić information content (AvgIpc) is 3.00.